The predicted octanol–water partition coefficient (Wildman–Crippen LogP) is 3.05. The second-order valence-corrected chi connectivity index (χ2v) is 4.29. The van der Waals surface area contributed by atoms with Gasteiger partial charge in [0, 0.05) is 16.9 Å². The first-order valence-electron chi connectivity index (χ1n) is 5.46. The van der Waals surface area contributed by atoms with Crippen molar-refractivity contribution in [3.05, 3.63) is 58.6 Å². The smallest absolute Gasteiger partial charge is 0.255 e. The van der Waals surface area contributed by atoms with Crippen LogP contribution in [-0.4, -0.2) is 5.91 Å². The summed E-state index contributed by atoms with van der Waals surface area (Å²) in [6, 6.07) is 13.3. The van der Waals surface area contributed by atoms with Crippen molar-refractivity contribution in [3.63, 3.8) is 0 Å². The number of nitrogens with one attached hydrogen (secondary N) is 1. The number of amides is 1. The molecule has 5 heteroatoms. The Morgan fingerprint density at radius 2 is 2.05 bits per heavy atom. The minimum Gasteiger partial charge on any atom is -0.399 e. The second-order valence-electron chi connectivity index (χ2n) is 3.89. The summed E-state index contributed by atoms with van der Waals surface area (Å²) in [4.78, 5) is 12.0. The first-order chi connectivity index (χ1) is 9.10. The zero-order valence-electron chi connectivity index (χ0n) is 9.85. The Morgan fingerprint density at radius 3 is 2.68 bits per heavy atom. The number of nitriles is 1. The lowest BCUT2D eigenvalue weighted by molar-refractivity contribution is 0.102. The average molecular weight is 272 g/mol. The van der Waals surface area contributed by atoms with Crippen LogP contribution >= 0.6 is 11.6 Å². The van der Waals surface area contributed by atoms with Gasteiger partial charge in [-0.1, -0.05) is 17.7 Å². The summed E-state index contributed by atoms with van der Waals surface area (Å²) < 4.78 is 0. The molecule has 0 saturated heterocycles. The van der Waals surface area contributed by atoms with Gasteiger partial charge in [0.25, 0.3) is 5.91 Å². The van der Waals surface area contributed by atoms with Crippen molar-refractivity contribution >= 4 is 28.9 Å². The molecule has 0 aliphatic heterocycles. The number of hydrogen-bond donors (Lipinski definition) is 2. The van der Waals surface area contributed by atoms with Gasteiger partial charge in [-0.05, 0) is 36.4 Å². The zero-order chi connectivity index (χ0) is 13.8. The second kappa shape index (κ2) is 5.42. The largest absolute Gasteiger partial charge is 0.399 e. The first kappa shape index (κ1) is 12.9. The van der Waals surface area contributed by atoms with Crippen LogP contribution in [0.1, 0.15) is 15.9 Å². The minimum atomic E-state index is -0.284. The molecule has 0 saturated carbocycles. The molecule has 2 rings (SSSR count). The highest BCUT2D eigenvalue weighted by Crippen LogP contribution is 2.20. The number of anilines is 2. The summed E-state index contributed by atoms with van der Waals surface area (Å²) in [6.07, 6.45) is 0. The standard InChI is InChI=1S/C14H10ClN3O/c15-13-7-12(5-4-10(13)8-16)18-14(19)9-2-1-3-11(17)6-9/h1-7H,17H2,(H,18,19). The van der Waals surface area contributed by atoms with Gasteiger partial charge in [-0.25, -0.2) is 0 Å². The molecule has 0 radical (unpaired) electrons. The van der Waals surface area contributed by atoms with Crippen LogP contribution in [-0.2, 0) is 0 Å². The van der Waals surface area contributed by atoms with Gasteiger partial charge in [0.15, 0.2) is 0 Å². The molecular weight excluding hydrogens is 262 g/mol. The van der Waals surface area contributed by atoms with Crippen LogP contribution in [0.25, 0.3) is 0 Å². The van der Waals surface area contributed by atoms with E-state index >= 15 is 0 Å². The summed E-state index contributed by atoms with van der Waals surface area (Å²) in [6.45, 7) is 0. The molecule has 0 aliphatic carbocycles. The summed E-state index contributed by atoms with van der Waals surface area (Å²) in [5.41, 5.74) is 7.48. The van der Waals surface area contributed by atoms with E-state index in [4.69, 9.17) is 22.6 Å². The van der Waals surface area contributed by atoms with Crippen LogP contribution in [0, 0.1) is 11.3 Å². The Balaban J connectivity index is 2.20. The number of benzene rings is 2. The quantitative estimate of drug-likeness (QED) is 0.824. The van der Waals surface area contributed by atoms with Crippen molar-refractivity contribution in [2.75, 3.05) is 11.1 Å². The van der Waals surface area contributed by atoms with E-state index in [2.05, 4.69) is 5.32 Å². The molecule has 0 aromatic heterocycles. The lowest BCUT2D eigenvalue weighted by Crippen LogP contribution is -2.12. The van der Waals surface area contributed by atoms with Gasteiger partial charge in [0.05, 0.1) is 10.6 Å². The lowest BCUT2D eigenvalue weighted by Gasteiger charge is -2.06. The van der Waals surface area contributed by atoms with Crippen LogP contribution in [0.4, 0.5) is 11.4 Å². The minimum absolute atomic E-state index is 0.284. The van der Waals surface area contributed by atoms with Gasteiger partial charge in [-0.15, -0.1) is 0 Å². The van der Waals surface area contributed by atoms with E-state index in [0.29, 0.717) is 27.5 Å². The highest BCUT2D eigenvalue weighted by atomic mass is 35.5. The fourth-order valence-electron chi connectivity index (χ4n) is 1.57. The molecular formula is C14H10ClN3O. The van der Waals surface area contributed by atoms with Crippen molar-refractivity contribution < 1.29 is 4.79 Å². The maximum Gasteiger partial charge on any atom is 0.255 e. The molecule has 0 heterocycles. The van der Waals surface area contributed by atoms with Crippen LogP contribution in [0.5, 0.6) is 0 Å². The molecule has 0 bridgehead atoms. The third-order valence-electron chi connectivity index (χ3n) is 2.50. The molecule has 4 nitrogen and oxygen atoms in total. The maximum absolute atomic E-state index is 12.0. The van der Waals surface area contributed by atoms with Gasteiger partial charge in [0.1, 0.15) is 6.07 Å². The highest BCUT2D eigenvalue weighted by molar-refractivity contribution is 6.32. The molecule has 0 aliphatic rings. The molecule has 0 atom stereocenters. The maximum atomic E-state index is 12.0. The average Bonchev–Trinajstić information content (AvgIpc) is 2.39. The lowest BCUT2D eigenvalue weighted by atomic mass is 10.1. The number of nitrogen functional groups attached to an aromatic ring is 1. The van der Waals surface area contributed by atoms with Crippen molar-refractivity contribution in [3.8, 4) is 6.07 Å². The number of rotatable bonds is 2. The molecule has 3 N–H and O–H groups in total. The van der Waals surface area contributed by atoms with Crippen molar-refractivity contribution in [2.24, 2.45) is 0 Å². The first-order valence-corrected chi connectivity index (χ1v) is 5.84. The van der Waals surface area contributed by atoms with Crippen LogP contribution in [0.2, 0.25) is 5.02 Å². The van der Waals surface area contributed by atoms with Crippen molar-refractivity contribution in [1.82, 2.24) is 0 Å². The predicted molar refractivity (Wildman–Crippen MR) is 75.0 cm³/mol. The summed E-state index contributed by atoms with van der Waals surface area (Å²) in [5.74, 6) is -0.284. The van der Waals surface area contributed by atoms with Gasteiger partial charge in [0.2, 0.25) is 0 Å². The van der Waals surface area contributed by atoms with E-state index < -0.39 is 0 Å². The zero-order valence-corrected chi connectivity index (χ0v) is 10.6. The van der Waals surface area contributed by atoms with Gasteiger partial charge < -0.3 is 11.1 Å². The number of nitrogens with zero attached hydrogens (tertiary/aromatic N) is 1. The number of nitrogens with two attached hydrogens (primary N) is 1. The van der Waals surface area contributed by atoms with E-state index in [0.717, 1.165) is 0 Å². The number of carbonyl (C=O) groups excluding carboxylic acids is 1. The van der Waals surface area contributed by atoms with E-state index in [1.807, 2.05) is 6.07 Å². The van der Waals surface area contributed by atoms with Crippen molar-refractivity contribution in [1.29, 1.82) is 5.26 Å². The monoisotopic (exact) mass is 271 g/mol. The van der Waals surface area contributed by atoms with Crippen LogP contribution < -0.4 is 11.1 Å². The highest BCUT2D eigenvalue weighted by Gasteiger charge is 2.07. The Labute approximate surface area is 115 Å². The third-order valence-corrected chi connectivity index (χ3v) is 2.81. The van der Waals surface area contributed by atoms with Crippen molar-refractivity contribution in [2.45, 2.75) is 0 Å². The molecule has 0 spiro atoms. The molecule has 0 unspecified atom stereocenters. The Kier molecular flexibility index (Phi) is 3.69. The normalized spacial score (nSPS) is 9.68. The fraction of sp³-hybridized carbons (Fsp3) is 0. The molecule has 19 heavy (non-hydrogen) atoms. The Hall–Kier alpha value is -2.51. The van der Waals surface area contributed by atoms with E-state index in [1.165, 1.54) is 6.07 Å². The molecule has 0 fully saturated rings. The van der Waals surface area contributed by atoms with Gasteiger partial charge in [-0.2, -0.15) is 5.26 Å². The topological polar surface area (TPSA) is 78.9 Å². The van der Waals surface area contributed by atoms with E-state index in [9.17, 15) is 4.79 Å². The Bertz CT molecular complexity index is 677. The SMILES string of the molecule is N#Cc1ccc(NC(=O)c2cccc(N)c2)cc1Cl. The summed E-state index contributed by atoms with van der Waals surface area (Å²) in [7, 11) is 0. The fourth-order valence-corrected chi connectivity index (χ4v) is 1.79. The number of carbonyl (C=O) groups is 1. The van der Waals surface area contributed by atoms with Gasteiger partial charge >= 0.3 is 0 Å². The Morgan fingerprint density at radius 1 is 1.26 bits per heavy atom. The molecule has 2 aromatic carbocycles. The summed E-state index contributed by atoms with van der Waals surface area (Å²) >= 11 is 5.89. The van der Waals surface area contributed by atoms with E-state index in [-0.39, 0.29) is 5.91 Å². The molecule has 2 aromatic rings. The molecule has 94 valence electrons. The van der Waals surface area contributed by atoms with Gasteiger partial charge in [-0.3, -0.25) is 4.79 Å². The molecule has 1 amide bonds. The number of hydrogen-bond acceptors (Lipinski definition) is 3. The van der Waals surface area contributed by atoms with Crippen LogP contribution in [0.15, 0.2) is 42.5 Å². The van der Waals surface area contributed by atoms with Crippen LogP contribution in [0.3, 0.4) is 0 Å². The van der Waals surface area contributed by atoms with E-state index in [1.54, 1.807) is 36.4 Å². The number of halogens is 1. The summed E-state index contributed by atoms with van der Waals surface area (Å²) in [5, 5.41) is 11.8. The third kappa shape index (κ3) is 3.03.